The molecule has 0 aliphatic rings. The molecule has 0 N–H and O–H groups in total. The number of aryl methyl sites for hydroxylation is 2. The summed E-state index contributed by atoms with van der Waals surface area (Å²) in [4.78, 5) is 10.0. The average molecular weight is 204 g/mol. The van der Waals surface area contributed by atoms with Crippen molar-refractivity contribution in [2.24, 2.45) is 0 Å². The van der Waals surface area contributed by atoms with Crippen LogP contribution in [0, 0.1) is 6.92 Å². The Labute approximate surface area is 87.7 Å². The minimum absolute atomic E-state index is 1.01. The number of hydrogen-bond donors (Lipinski definition) is 0. The first-order chi connectivity index (χ1) is 6.81. The molecule has 0 radical (unpaired) electrons. The zero-order valence-corrected chi connectivity index (χ0v) is 9.14. The van der Waals surface area contributed by atoms with Gasteiger partial charge < -0.3 is 0 Å². The summed E-state index contributed by atoms with van der Waals surface area (Å²) in [6.45, 7) is 4.21. The van der Waals surface area contributed by atoms with Gasteiger partial charge in [0.2, 0.25) is 0 Å². The maximum absolute atomic E-state index is 4.37. The van der Waals surface area contributed by atoms with Crippen LogP contribution < -0.4 is 0 Å². The van der Waals surface area contributed by atoms with E-state index < -0.39 is 0 Å². The van der Waals surface area contributed by atoms with Crippen LogP contribution in [0.1, 0.15) is 17.4 Å². The van der Waals surface area contributed by atoms with E-state index in [1.165, 1.54) is 10.4 Å². The van der Waals surface area contributed by atoms with E-state index in [1.807, 2.05) is 18.5 Å². The van der Waals surface area contributed by atoms with Gasteiger partial charge in [-0.05, 0) is 25.0 Å². The van der Waals surface area contributed by atoms with Crippen LogP contribution in [0.2, 0.25) is 0 Å². The van der Waals surface area contributed by atoms with Gasteiger partial charge in [0.05, 0.1) is 0 Å². The molecule has 3 heteroatoms. The van der Waals surface area contributed by atoms with Crippen molar-refractivity contribution in [2.75, 3.05) is 0 Å². The average Bonchev–Trinajstić information content (AvgIpc) is 2.67. The van der Waals surface area contributed by atoms with Gasteiger partial charge in [0.25, 0.3) is 0 Å². The van der Waals surface area contributed by atoms with Crippen molar-refractivity contribution in [2.45, 2.75) is 20.3 Å². The van der Waals surface area contributed by atoms with E-state index in [9.17, 15) is 0 Å². The molecule has 0 fully saturated rings. The Morgan fingerprint density at radius 3 is 2.86 bits per heavy atom. The molecule has 0 saturated heterocycles. The highest BCUT2D eigenvalue weighted by atomic mass is 32.1. The molecule has 0 aromatic carbocycles. The summed E-state index contributed by atoms with van der Waals surface area (Å²) in [7, 11) is 0. The van der Waals surface area contributed by atoms with Gasteiger partial charge in [0.15, 0.2) is 0 Å². The topological polar surface area (TPSA) is 25.8 Å². The van der Waals surface area contributed by atoms with Crippen LogP contribution >= 0.6 is 11.3 Å². The van der Waals surface area contributed by atoms with E-state index in [2.05, 4.69) is 29.9 Å². The molecule has 2 nitrogen and oxygen atoms in total. The summed E-state index contributed by atoms with van der Waals surface area (Å²) in [6, 6.07) is 4.02. The van der Waals surface area contributed by atoms with Crippen molar-refractivity contribution in [1.29, 1.82) is 0 Å². The first-order valence-electron chi connectivity index (χ1n) is 4.68. The van der Waals surface area contributed by atoms with Crippen molar-refractivity contribution in [3.63, 3.8) is 0 Å². The second kappa shape index (κ2) is 3.88. The minimum atomic E-state index is 1.01. The van der Waals surface area contributed by atoms with Crippen LogP contribution in [0.15, 0.2) is 24.5 Å². The van der Waals surface area contributed by atoms with Crippen molar-refractivity contribution >= 4 is 11.3 Å². The Balaban J connectivity index is 2.44. The highest BCUT2D eigenvalue weighted by Gasteiger charge is 2.06. The predicted molar refractivity (Wildman–Crippen MR) is 59.5 cm³/mol. The normalized spacial score (nSPS) is 10.4. The van der Waals surface area contributed by atoms with E-state index in [4.69, 9.17) is 0 Å². The predicted octanol–water partition coefficient (Wildman–Crippen LogP) is 3.08. The fourth-order valence-electron chi connectivity index (χ4n) is 1.29. The van der Waals surface area contributed by atoms with Crippen LogP contribution in [0.4, 0.5) is 0 Å². The lowest BCUT2D eigenvalue weighted by Gasteiger charge is -1.98. The monoisotopic (exact) mass is 204 g/mol. The molecule has 14 heavy (non-hydrogen) atoms. The third-order valence-electron chi connectivity index (χ3n) is 2.11. The Hall–Kier alpha value is -1.22. The van der Waals surface area contributed by atoms with E-state index in [-0.39, 0.29) is 0 Å². The van der Waals surface area contributed by atoms with Gasteiger partial charge in [-0.3, -0.25) is 4.98 Å². The molecule has 0 amide bonds. The molecule has 2 aromatic heterocycles. The highest BCUT2D eigenvalue weighted by molar-refractivity contribution is 7.15. The Kier molecular flexibility index (Phi) is 2.59. The van der Waals surface area contributed by atoms with Gasteiger partial charge >= 0.3 is 0 Å². The molecule has 0 unspecified atom stereocenters. The zero-order chi connectivity index (χ0) is 9.97. The van der Waals surface area contributed by atoms with Crippen LogP contribution in [0.25, 0.3) is 10.7 Å². The molecule has 2 aromatic rings. The highest BCUT2D eigenvalue weighted by Crippen LogP contribution is 2.25. The van der Waals surface area contributed by atoms with E-state index in [0.717, 1.165) is 17.1 Å². The summed E-state index contributed by atoms with van der Waals surface area (Å²) in [5.41, 5.74) is 2.20. The number of aromatic nitrogens is 2. The van der Waals surface area contributed by atoms with E-state index in [1.54, 1.807) is 11.3 Å². The molecule has 0 bridgehead atoms. The molecule has 0 atom stereocenters. The lowest BCUT2D eigenvalue weighted by Crippen LogP contribution is -1.85. The van der Waals surface area contributed by atoms with Gasteiger partial charge in [-0.15, -0.1) is 11.3 Å². The lowest BCUT2D eigenvalue weighted by atomic mass is 10.2. The molecular weight excluding hydrogens is 192 g/mol. The van der Waals surface area contributed by atoms with Gasteiger partial charge in [0.1, 0.15) is 10.7 Å². The smallest absolute Gasteiger partial charge is 0.142 e. The van der Waals surface area contributed by atoms with Crippen LogP contribution in [-0.4, -0.2) is 9.97 Å². The molecule has 0 aliphatic carbocycles. The number of rotatable bonds is 2. The van der Waals surface area contributed by atoms with E-state index in [0.29, 0.717) is 0 Å². The fourth-order valence-corrected chi connectivity index (χ4v) is 2.20. The van der Waals surface area contributed by atoms with Crippen molar-refractivity contribution in [3.05, 3.63) is 35.0 Å². The molecule has 0 spiro atoms. The number of thiazole rings is 1. The molecule has 0 saturated carbocycles. The number of pyridine rings is 1. The molecule has 2 heterocycles. The van der Waals surface area contributed by atoms with Crippen LogP contribution in [-0.2, 0) is 6.42 Å². The third-order valence-corrected chi connectivity index (χ3v) is 3.26. The van der Waals surface area contributed by atoms with E-state index >= 15 is 0 Å². The fraction of sp³-hybridized carbons (Fsp3) is 0.273. The maximum Gasteiger partial charge on any atom is 0.142 e. The molecule has 0 aliphatic heterocycles. The van der Waals surface area contributed by atoms with Crippen LogP contribution in [0.3, 0.4) is 0 Å². The number of nitrogens with zero attached hydrogens (tertiary/aromatic N) is 2. The van der Waals surface area contributed by atoms with Crippen molar-refractivity contribution in [3.8, 4) is 10.7 Å². The SMILES string of the molecule is CCc1cnc(-c2ncccc2C)s1. The number of hydrogen-bond acceptors (Lipinski definition) is 3. The van der Waals surface area contributed by atoms with Crippen molar-refractivity contribution in [1.82, 2.24) is 9.97 Å². The second-order valence-corrected chi connectivity index (χ2v) is 4.27. The quantitative estimate of drug-likeness (QED) is 0.751. The molecule has 2 rings (SSSR count). The summed E-state index contributed by atoms with van der Waals surface area (Å²) < 4.78 is 0. The summed E-state index contributed by atoms with van der Waals surface area (Å²) in [6.07, 6.45) is 4.80. The van der Waals surface area contributed by atoms with Gasteiger partial charge in [-0.1, -0.05) is 13.0 Å². The van der Waals surface area contributed by atoms with Gasteiger partial charge in [0, 0.05) is 17.3 Å². The molecule has 72 valence electrons. The Morgan fingerprint density at radius 2 is 2.21 bits per heavy atom. The van der Waals surface area contributed by atoms with Gasteiger partial charge in [-0.25, -0.2) is 4.98 Å². The summed E-state index contributed by atoms with van der Waals surface area (Å²) >= 11 is 1.73. The minimum Gasteiger partial charge on any atom is -0.253 e. The van der Waals surface area contributed by atoms with Gasteiger partial charge in [-0.2, -0.15) is 0 Å². The van der Waals surface area contributed by atoms with Crippen LogP contribution in [0.5, 0.6) is 0 Å². The first kappa shape index (κ1) is 9.34. The summed E-state index contributed by atoms with van der Waals surface area (Å²) in [5, 5.41) is 1.03. The molecular formula is C11H12N2S. The first-order valence-corrected chi connectivity index (χ1v) is 5.49. The largest absolute Gasteiger partial charge is 0.253 e. The Morgan fingerprint density at radius 1 is 1.36 bits per heavy atom. The standard InChI is InChI=1S/C11H12N2S/c1-3-9-7-13-11(14-9)10-8(2)5-4-6-12-10/h4-7H,3H2,1-2H3. The second-order valence-electron chi connectivity index (χ2n) is 3.15. The zero-order valence-electron chi connectivity index (χ0n) is 8.32. The third kappa shape index (κ3) is 1.68. The lowest BCUT2D eigenvalue weighted by molar-refractivity contribution is 1.16. The Bertz CT molecular complexity index is 434. The summed E-state index contributed by atoms with van der Waals surface area (Å²) in [5.74, 6) is 0. The maximum atomic E-state index is 4.37. The van der Waals surface area contributed by atoms with Crippen molar-refractivity contribution < 1.29 is 0 Å².